The monoisotopic (exact) mass is 450 g/mol. The van der Waals surface area contributed by atoms with Crippen LogP contribution in [0.1, 0.15) is 17.7 Å². The lowest BCUT2D eigenvalue weighted by atomic mass is 10.0. The van der Waals surface area contributed by atoms with Gasteiger partial charge in [-0.15, -0.1) is 0 Å². The summed E-state index contributed by atoms with van der Waals surface area (Å²) in [7, 11) is 0. The summed E-state index contributed by atoms with van der Waals surface area (Å²) in [6.45, 7) is 3.73. The number of piperazine rings is 1. The second-order valence-corrected chi connectivity index (χ2v) is 7.76. The van der Waals surface area contributed by atoms with Gasteiger partial charge in [0.05, 0.1) is 17.2 Å². The highest BCUT2D eigenvalue weighted by molar-refractivity contribution is 5.93. The SMILES string of the molecule is O=C(CC(CN1CCN(Cc2ccccn2)CC1)C(=O)O)Nc1cccc(C(F)(F)F)c1. The number of carboxylic acid groups (broad SMARTS) is 1. The van der Waals surface area contributed by atoms with Crippen LogP contribution >= 0.6 is 0 Å². The number of pyridine rings is 1. The van der Waals surface area contributed by atoms with E-state index in [-0.39, 0.29) is 18.7 Å². The number of nitrogens with zero attached hydrogens (tertiary/aromatic N) is 3. The number of carbonyl (C=O) groups is 2. The highest BCUT2D eigenvalue weighted by atomic mass is 19.4. The molecule has 1 amide bonds. The van der Waals surface area contributed by atoms with Gasteiger partial charge in [0.15, 0.2) is 0 Å². The number of hydrogen-bond donors (Lipinski definition) is 2. The van der Waals surface area contributed by atoms with Crippen molar-refractivity contribution in [1.29, 1.82) is 0 Å². The van der Waals surface area contributed by atoms with Crippen LogP contribution in [0.3, 0.4) is 0 Å². The lowest BCUT2D eigenvalue weighted by molar-refractivity contribution is -0.144. The van der Waals surface area contributed by atoms with Gasteiger partial charge in [0.25, 0.3) is 0 Å². The molecule has 3 rings (SSSR count). The summed E-state index contributed by atoms with van der Waals surface area (Å²) in [6.07, 6.45) is -3.10. The van der Waals surface area contributed by atoms with E-state index < -0.39 is 29.5 Å². The number of aromatic nitrogens is 1. The Hall–Kier alpha value is -2.98. The molecule has 2 heterocycles. The number of nitrogens with one attached hydrogen (secondary N) is 1. The fraction of sp³-hybridized carbons (Fsp3) is 0.409. The Kier molecular flexibility index (Phi) is 7.81. The third kappa shape index (κ3) is 7.03. The molecule has 2 N–H and O–H groups in total. The van der Waals surface area contributed by atoms with E-state index >= 15 is 0 Å². The molecule has 1 fully saturated rings. The first-order valence-electron chi connectivity index (χ1n) is 10.3. The molecule has 172 valence electrons. The minimum atomic E-state index is -4.52. The number of anilines is 1. The van der Waals surface area contributed by atoms with Crippen LogP contribution in [0.25, 0.3) is 0 Å². The molecule has 1 aliphatic rings. The lowest BCUT2D eigenvalue weighted by Crippen LogP contribution is -2.48. The topological polar surface area (TPSA) is 85.8 Å². The van der Waals surface area contributed by atoms with Crippen molar-refractivity contribution in [3.05, 3.63) is 59.9 Å². The fourth-order valence-electron chi connectivity index (χ4n) is 3.60. The first kappa shape index (κ1) is 23.7. The zero-order valence-corrected chi connectivity index (χ0v) is 17.4. The first-order chi connectivity index (χ1) is 15.2. The molecule has 0 saturated carbocycles. The molecule has 1 aromatic carbocycles. The summed E-state index contributed by atoms with van der Waals surface area (Å²) in [5, 5.41) is 11.9. The van der Waals surface area contributed by atoms with Crippen molar-refractivity contribution < 1.29 is 27.9 Å². The van der Waals surface area contributed by atoms with Gasteiger partial charge in [0, 0.05) is 57.6 Å². The predicted molar refractivity (Wildman–Crippen MR) is 112 cm³/mol. The molecular formula is C22H25F3N4O3. The molecule has 1 saturated heterocycles. The highest BCUT2D eigenvalue weighted by Crippen LogP contribution is 2.30. The van der Waals surface area contributed by atoms with E-state index in [0.717, 1.165) is 37.5 Å². The van der Waals surface area contributed by atoms with Gasteiger partial charge in [0.2, 0.25) is 5.91 Å². The van der Waals surface area contributed by atoms with Crippen LogP contribution in [0.2, 0.25) is 0 Å². The smallest absolute Gasteiger partial charge is 0.416 e. The van der Waals surface area contributed by atoms with Crippen molar-refractivity contribution in [2.45, 2.75) is 19.1 Å². The van der Waals surface area contributed by atoms with E-state index in [9.17, 15) is 27.9 Å². The Morgan fingerprint density at radius 3 is 2.41 bits per heavy atom. The Bertz CT molecular complexity index is 916. The molecule has 2 aromatic rings. The number of rotatable bonds is 8. The molecule has 0 aliphatic carbocycles. The molecule has 1 aromatic heterocycles. The van der Waals surface area contributed by atoms with Crippen LogP contribution < -0.4 is 5.32 Å². The van der Waals surface area contributed by atoms with Crippen LogP contribution in [0.15, 0.2) is 48.7 Å². The number of carbonyl (C=O) groups excluding carboxylic acids is 1. The van der Waals surface area contributed by atoms with Crippen molar-refractivity contribution in [3.8, 4) is 0 Å². The van der Waals surface area contributed by atoms with Crippen LogP contribution in [0, 0.1) is 5.92 Å². The average molecular weight is 450 g/mol. The van der Waals surface area contributed by atoms with Gasteiger partial charge in [-0.2, -0.15) is 13.2 Å². The number of benzene rings is 1. The van der Waals surface area contributed by atoms with Crippen molar-refractivity contribution in [3.63, 3.8) is 0 Å². The minimum absolute atomic E-state index is 0.0166. The van der Waals surface area contributed by atoms with Crippen LogP contribution in [0.5, 0.6) is 0 Å². The molecule has 0 radical (unpaired) electrons. The summed E-state index contributed by atoms with van der Waals surface area (Å²) >= 11 is 0. The standard InChI is InChI=1S/C22H25F3N4O3/c23-22(24,25)17-4-3-6-18(13-17)27-20(30)12-16(21(31)32)14-28-8-10-29(11-9-28)15-19-5-1-2-7-26-19/h1-7,13,16H,8-12,14-15H2,(H,27,30)(H,31,32). The van der Waals surface area contributed by atoms with Gasteiger partial charge in [-0.3, -0.25) is 24.4 Å². The van der Waals surface area contributed by atoms with Crippen molar-refractivity contribution in [1.82, 2.24) is 14.8 Å². The maximum Gasteiger partial charge on any atom is 0.416 e. The highest BCUT2D eigenvalue weighted by Gasteiger charge is 2.31. The number of carboxylic acids is 1. The van der Waals surface area contributed by atoms with Crippen LogP contribution in [-0.4, -0.2) is 64.5 Å². The first-order valence-corrected chi connectivity index (χ1v) is 10.3. The molecular weight excluding hydrogens is 425 g/mol. The Morgan fingerprint density at radius 1 is 1.06 bits per heavy atom. The third-order valence-electron chi connectivity index (χ3n) is 5.31. The Labute approximate surface area is 183 Å². The minimum Gasteiger partial charge on any atom is -0.481 e. The molecule has 0 spiro atoms. The van der Waals surface area contributed by atoms with Crippen molar-refractivity contribution in [2.75, 3.05) is 38.0 Å². The van der Waals surface area contributed by atoms with Gasteiger partial charge < -0.3 is 10.4 Å². The quantitative estimate of drug-likeness (QED) is 0.643. The van der Waals surface area contributed by atoms with Crippen molar-refractivity contribution in [2.24, 2.45) is 5.92 Å². The average Bonchev–Trinajstić information content (AvgIpc) is 2.75. The van der Waals surface area contributed by atoms with Gasteiger partial charge in [0.1, 0.15) is 0 Å². The summed E-state index contributed by atoms with van der Waals surface area (Å²) in [5.41, 5.74) is 0.0707. The second kappa shape index (κ2) is 10.6. The zero-order chi connectivity index (χ0) is 23.1. The van der Waals surface area contributed by atoms with E-state index in [1.807, 2.05) is 23.1 Å². The summed E-state index contributed by atoms with van der Waals surface area (Å²) in [5.74, 6) is -2.70. The molecule has 1 atom stereocenters. The third-order valence-corrected chi connectivity index (χ3v) is 5.31. The lowest BCUT2D eigenvalue weighted by Gasteiger charge is -2.35. The predicted octanol–water partition coefficient (Wildman–Crippen LogP) is 2.95. The Morgan fingerprint density at radius 2 is 1.78 bits per heavy atom. The molecule has 0 bridgehead atoms. The van der Waals surface area contributed by atoms with Gasteiger partial charge >= 0.3 is 12.1 Å². The van der Waals surface area contributed by atoms with E-state index in [0.29, 0.717) is 13.1 Å². The Balaban J connectivity index is 1.49. The molecule has 10 heteroatoms. The molecule has 1 aliphatic heterocycles. The number of alkyl halides is 3. The van der Waals surface area contributed by atoms with Crippen molar-refractivity contribution >= 4 is 17.6 Å². The van der Waals surface area contributed by atoms with Crippen LogP contribution in [0.4, 0.5) is 18.9 Å². The van der Waals surface area contributed by atoms with E-state index in [1.54, 1.807) is 6.20 Å². The number of hydrogen-bond acceptors (Lipinski definition) is 5. The number of halogens is 3. The molecule has 7 nitrogen and oxygen atoms in total. The maximum atomic E-state index is 12.8. The van der Waals surface area contributed by atoms with E-state index in [4.69, 9.17) is 0 Å². The zero-order valence-electron chi connectivity index (χ0n) is 17.4. The molecule has 1 unspecified atom stereocenters. The summed E-state index contributed by atoms with van der Waals surface area (Å²) in [4.78, 5) is 32.5. The van der Waals surface area contributed by atoms with Gasteiger partial charge in [-0.1, -0.05) is 12.1 Å². The normalized spacial score (nSPS) is 16.5. The van der Waals surface area contributed by atoms with Gasteiger partial charge in [-0.05, 0) is 30.3 Å². The van der Waals surface area contributed by atoms with E-state index in [1.165, 1.54) is 12.1 Å². The van der Waals surface area contributed by atoms with Crippen LogP contribution in [-0.2, 0) is 22.3 Å². The summed E-state index contributed by atoms with van der Waals surface area (Å²) in [6, 6.07) is 10.0. The molecule has 32 heavy (non-hydrogen) atoms. The summed E-state index contributed by atoms with van der Waals surface area (Å²) < 4.78 is 38.5. The number of aliphatic carboxylic acids is 1. The van der Waals surface area contributed by atoms with E-state index in [2.05, 4.69) is 15.2 Å². The fourth-order valence-corrected chi connectivity index (χ4v) is 3.60. The van der Waals surface area contributed by atoms with Gasteiger partial charge in [-0.25, -0.2) is 0 Å². The maximum absolute atomic E-state index is 12.8. The second-order valence-electron chi connectivity index (χ2n) is 7.76. The largest absolute Gasteiger partial charge is 0.481 e. The number of amides is 1.